The van der Waals surface area contributed by atoms with Crippen LogP contribution in [0.2, 0.25) is 0 Å². The lowest BCUT2D eigenvalue weighted by Gasteiger charge is -2.31. The quantitative estimate of drug-likeness (QED) is 0.680. The molecular weight excluding hydrogens is 370 g/mol. The highest BCUT2D eigenvalue weighted by atomic mass is 16.7. The predicted octanol–water partition coefficient (Wildman–Crippen LogP) is 3.79. The minimum Gasteiger partial charge on any atom is -0.485 e. The zero-order chi connectivity index (χ0) is 19.6. The molecule has 5 rings (SSSR count). The third-order valence-electron chi connectivity index (χ3n) is 4.90. The summed E-state index contributed by atoms with van der Waals surface area (Å²) in [4.78, 5) is 15.1. The molecule has 0 unspecified atom stereocenters. The van der Waals surface area contributed by atoms with Crippen LogP contribution in [-0.4, -0.2) is 25.4 Å². The van der Waals surface area contributed by atoms with E-state index in [2.05, 4.69) is 0 Å². The lowest BCUT2D eigenvalue weighted by atomic mass is 10.1. The first-order chi connectivity index (χ1) is 14.3. The van der Waals surface area contributed by atoms with E-state index in [0.717, 1.165) is 11.3 Å². The lowest BCUT2D eigenvalue weighted by Crippen LogP contribution is -2.46. The van der Waals surface area contributed by atoms with Crippen molar-refractivity contribution in [3.05, 3.63) is 78.4 Å². The van der Waals surface area contributed by atoms with Gasteiger partial charge in [-0.1, -0.05) is 36.4 Å². The minimum absolute atomic E-state index is 0.164. The molecule has 6 nitrogen and oxygen atoms in total. The Morgan fingerprint density at radius 3 is 2.41 bits per heavy atom. The molecule has 0 N–H and O–H groups in total. The molecule has 0 saturated heterocycles. The molecule has 0 bridgehead atoms. The zero-order valence-corrected chi connectivity index (χ0v) is 15.6. The molecule has 0 saturated carbocycles. The van der Waals surface area contributed by atoms with Gasteiger partial charge in [0.15, 0.2) is 23.0 Å². The number of hydrogen-bond donors (Lipinski definition) is 0. The first-order valence-electron chi connectivity index (χ1n) is 9.41. The fourth-order valence-corrected chi connectivity index (χ4v) is 3.44. The van der Waals surface area contributed by atoms with E-state index in [1.807, 2.05) is 66.7 Å². The summed E-state index contributed by atoms with van der Waals surface area (Å²) in [6, 6.07) is 22.6. The second kappa shape index (κ2) is 7.39. The highest BCUT2D eigenvalue weighted by Crippen LogP contribution is 2.34. The molecule has 0 aliphatic carbocycles. The van der Waals surface area contributed by atoms with Crippen LogP contribution < -0.4 is 23.8 Å². The van der Waals surface area contributed by atoms with E-state index in [9.17, 15) is 4.79 Å². The smallest absolute Gasteiger partial charge is 0.271 e. The van der Waals surface area contributed by atoms with Crippen LogP contribution in [0.5, 0.6) is 23.0 Å². The molecule has 1 atom stereocenters. The highest BCUT2D eigenvalue weighted by molar-refractivity contribution is 5.97. The van der Waals surface area contributed by atoms with E-state index in [4.69, 9.17) is 18.9 Å². The Kier molecular flexibility index (Phi) is 4.44. The Morgan fingerprint density at radius 1 is 0.828 bits per heavy atom. The molecule has 2 aliphatic heterocycles. The molecule has 3 aromatic carbocycles. The van der Waals surface area contributed by atoms with Crippen LogP contribution >= 0.6 is 0 Å². The normalized spacial score (nSPS) is 16.3. The Balaban J connectivity index is 1.42. The van der Waals surface area contributed by atoms with Crippen molar-refractivity contribution >= 4 is 11.6 Å². The number of ether oxygens (including phenoxy) is 4. The van der Waals surface area contributed by atoms with E-state index in [-0.39, 0.29) is 19.3 Å². The molecule has 0 aromatic heterocycles. The number of fused-ring (bicyclic) bond motifs is 2. The SMILES string of the molecule is O=C([C@@H]1COc2ccccc2O1)N(Cc1ccc2c(c1)OCO2)c1ccccc1. The lowest BCUT2D eigenvalue weighted by molar-refractivity contribution is -0.127. The number of rotatable bonds is 4. The van der Waals surface area contributed by atoms with Crippen LogP contribution in [0.15, 0.2) is 72.8 Å². The number of amides is 1. The van der Waals surface area contributed by atoms with Crippen molar-refractivity contribution in [2.45, 2.75) is 12.6 Å². The van der Waals surface area contributed by atoms with Gasteiger partial charge < -0.3 is 23.8 Å². The fraction of sp³-hybridized carbons (Fsp3) is 0.174. The van der Waals surface area contributed by atoms with Crippen LogP contribution in [0, 0.1) is 0 Å². The van der Waals surface area contributed by atoms with Gasteiger partial charge in [0.2, 0.25) is 12.9 Å². The first-order valence-corrected chi connectivity index (χ1v) is 9.41. The molecule has 6 heteroatoms. The maximum absolute atomic E-state index is 13.4. The summed E-state index contributed by atoms with van der Waals surface area (Å²) in [6.07, 6.45) is -0.723. The van der Waals surface area contributed by atoms with Crippen molar-refractivity contribution in [2.75, 3.05) is 18.3 Å². The van der Waals surface area contributed by atoms with Crippen LogP contribution in [0.3, 0.4) is 0 Å². The van der Waals surface area contributed by atoms with E-state index >= 15 is 0 Å². The average Bonchev–Trinajstić information content (AvgIpc) is 3.25. The minimum atomic E-state index is -0.723. The number of carbonyl (C=O) groups is 1. The van der Waals surface area contributed by atoms with Gasteiger partial charge >= 0.3 is 0 Å². The molecule has 2 heterocycles. The number of carbonyl (C=O) groups excluding carboxylic acids is 1. The Morgan fingerprint density at radius 2 is 1.55 bits per heavy atom. The molecule has 0 fully saturated rings. The van der Waals surface area contributed by atoms with Crippen molar-refractivity contribution in [3.63, 3.8) is 0 Å². The number of hydrogen-bond acceptors (Lipinski definition) is 5. The van der Waals surface area contributed by atoms with Crippen molar-refractivity contribution in [2.24, 2.45) is 0 Å². The van der Waals surface area contributed by atoms with Gasteiger partial charge in [-0.3, -0.25) is 4.79 Å². The summed E-state index contributed by atoms with van der Waals surface area (Å²) >= 11 is 0. The van der Waals surface area contributed by atoms with E-state index < -0.39 is 6.10 Å². The van der Waals surface area contributed by atoms with Crippen molar-refractivity contribution in [1.82, 2.24) is 0 Å². The summed E-state index contributed by atoms with van der Waals surface area (Å²) < 4.78 is 22.5. The molecular formula is C23H19NO5. The zero-order valence-electron chi connectivity index (χ0n) is 15.6. The van der Waals surface area contributed by atoms with E-state index in [1.165, 1.54) is 0 Å². The maximum atomic E-state index is 13.4. The molecule has 146 valence electrons. The largest absolute Gasteiger partial charge is 0.485 e. The summed E-state index contributed by atoms with van der Waals surface area (Å²) in [5.74, 6) is 2.47. The number of anilines is 1. The summed E-state index contributed by atoms with van der Waals surface area (Å²) in [6.45, 7) is 0.758. The summed E-state index contributed by atoms with van der Waals surface area (Å²) in [5, 5.41) is 0. The highest BCUT2D eigenvalue weighted by Gasteiger charge is 2.32. The van der Waals surface area contributed by atoms with E-state index in [1.54, 1.807) is 11.0 Å². The third-order valence-corrected chi connectivity index (χ3v) is 4.90. The Bertz CT molecular complexity index is 1040. The van der Waals surface area contributed by atoms with Crippen LogP contribution in [0.4, 0.5) is 5.69 Å². The van der Waals surface area contributed by atoms with Crippen LogP contribution in [-0.2, 0) is 11.3 Å². The molecule has 0 spiro atoms. The summed E-state index contributed by atoms with van der Waals surface area (Å²) in [7, 11) is 0. The van der Waals surface area contributed by atoms with Gasteiger partial charge in [-0.2, -0.15) is 0 Å². The first kappa shape index (κ1) is 17.4. The fourth-order valence-electron chi connectivity index (χ4n) is 3.44. The van der Waals surface area contributed by atoms with Gasteiger partial charge in [0, 0.05) is 5.69 Å². The topological polar surface area (TPSA) is 57.2 Å². The van der Waals surface area contributed by atoms with Crippen molar-refractivity contribution in [1.29, 1.82) is 0 Å². The van der Waals surface area contributed by atoms with Crippen molar-refractivity contribution < 1.29 is 23.7 Å². The monoisotopic (exact) mass is 389 g/mol. The standard InChI is InChI=1S/C23H19NO5/c25-23(22-14-26-18-8-4-5-9-20(18)29-22)24(17-6-2-1-3-7-17)13-16-10-11-19-21(12-16)28-15-27-19/h1-12,22H,13-15H2/t22-/m0/s1. The third kappa shape index (κ3) is 3.45. The van der Waals surface area contributed by atoms with Gasteiger partial charge in [-0.25, -0.2) is 0 Å². The van der Waals surface area contributed by atoms with Crippen molar-refractivity contribution in [3.8, 4) is 23.0 Å². The summed E-state index contributed by atoms with van der Waals surface area (Å²) in [5.41, 5.74) is 1.72. The number of para-hydroxylation sites is 3. The van der Waals surface area contributed by atoms with Gasteiger partial charge in [0.25, 0.3) is 5.91 Å². The van der Waals surface area contributed by atoms with Gasteiger partial charge in [0.05, 0.1) is 6.54 Å². The average molecular weight is 389 g/mol. The molecule has 1 amide bonds. The predicted molar refractivity (Wildman–Crippen MR) is 107 cm³/mol. The number of benzene rings is 3. The van der Waals surface area contributed by atoms with Crippen LogP contribution in [0.1, 0.15) is 5.56 Å². The Labute approximate surface area is 168 Å². The van der Waals surface area contributed by atoms with Crippen LogP contribution in [0.25, 0.3) is 0 Å². The number of nitrogens with zero attached hydrogens (tertiary/aromatic N) is 1. The second-order valence-electron chi connectivity index (χ2n) is 6.81. The maximum Gasteiger partial charge on any atom is 0.271 e. The van der Waals surface area contributed by atoms with Gasteiger partial charge in [-0.05, 0) is 42.0 Å². The Hall–Kier alpha value is -3.67. The van der Waals surface area contributed by atoms with Gasteiger partial charge in [0.1, 0.15) is 6.61 Å². The molecule has 0 radical (unpaired) electrons. The molecule has 2 aliphatic rings. The second-order valence-corrected chi connectivity index (χ2v) is 6.81. The van der Waals surface area contributed by atoms with Gasteiger partial charge in [-0.15, -0.1) is 0 Å². The molecule has 3 aromatic rings. The van der Waals surface area contributed by atoms with E-state index in [0.29, 0.717) is 29.5 Å². The molecule has 29 heavy (non-hydrogen) atoms.